The molecule has 0 spiro atoms. The Morgan fingerprint density at radius 3 is 2.17 bits per heavy atom. The number of amides is 1. The number of carbonyl (C=O) groups is 1. The zero-order chi connectivity index (χ0) is 21.7. The average molecular weight is 424 g/mol. The minimum absolute atomic E-state index is 0.175. The van der Waals surface area contributed by atoms with Crippen LogP contribution in [-0.2, 0) is 16.6 Å². The molecule has 0 unspecified atom stereocenters. The molecule has 30 heavy (non-hydrogen) atoms. The summed E-state index contributed by atoms with van der Waals surface area (Å²) in [6, 6.07) is 22.9. The van der Waals surface area contributed by atoms with Crippen LogP contribution in [0, 0.1) is 0 Å². The Morgan fingerprint density at radius 1 is 0.867 bits per heavy atom. The molecule has 156 valence electrons. The molecule has 0 heterocycles. The van der Waals surface area contributed by atoms with Crippen molar-refractivity contribution in [2.45, 2.75) is 11.4 Å². The molecule has 0 atom stereocenters. The van der Waals surface area contributed by atoms with Gasteiger partial charge in [0.15, 0.2) is 0 Å². The molecule has 0 aliphatic rings. The molecule has 0 aromatic heterocycles. The van der Waals surface area contributed by atoms with Gasteiger partial charge in [0.25, 0.3) is 5.91 Å². The first-order chi connectivity index (χ1) is 14.3. The molecule has 7 heteroatoms. The number of hydrogen-bond donors (Lipinski definition) is 1. The monoisotopic (exact) mass is 423 g/mol. The van der Waals surface area contributed by atoms with Crippen LogP contribution in [0.3, 0.4) is 0 Å². The molecule has 3 rings (SSSR count). The van der Waals surface area contributed by atoms with Gasteiger partial charge < -0.3 is 10.2 Å². The zero-order valence-electron chi connectivity index (χ0n) is 17.2. The second-order valence-corrected chi connectivity index (χ2v) is 9.21. The number of carbonyl (C=O) groups excluding carboxylic acids is 1. The van der Waals surface area contributed by atoms with E-state index in [-0.39, 0.29) is 17.3 Å². The van der Waals surface area contributed by atoms with Crippen LogP contribution in [0.2, 0.25) is 0 Å². The first-order valence-corrected chi connectivity index (χ1v) is 10.9. The Kier molecular flexibility index (Phi) is 6.54. The second-order valence-electron chi connectivity index (χ2n) is 7.17. The van der Waals surface area contributed by atoms with Crippen molar-refractivity contribution in [1.29, 1.82) is 0 Å². The average Bonchev–Trinajstić information content (AvgIpc) is 2.75. The Hall–Kier alpha value is -3.16. The lowest BCUT2D eigenvalue weighted by atomic mass is 10.1. The van der Waals surface area contributed by atoms with E-state index < -0.39 is 10.0 Å². The molecule has 3 aromatic carbocycles. The van der Waals surface area contributed by atoms with E-state index in [9.17, 15) is 13.2 Å². The topological polar surface area (TPSA) is 69.7 Å². The van der Waals surface area contributed by atoms with Crippen molar-refractivity contribution >= 4 is 27.3 Å². The summed E-state index contributed by atoms with van der Waals surface area (Å²) in [6.45, 7) is 0.282. The van der Waals surface area contributed by atoms with Crippen molar-refractivity contribution < 1.29 is 13.2 Å². The summed E-state index contributed by atoms with van der Waals surface area (Å²) in [4.78, 5) is 14.6. The van der Waals surface area contributed by atoms with Crippen LogP contribution in [0.15, 0.2) is 83.8 Å². The molecule has 1 amide bonds. The predicted octanol–water partition coefficient (Wildman–Crippen LogP) is 3.83. The highest BCUT2D eigenvalue weighted by Crippen LogP contribution is 2.20. The normalized spacial score (nSPS) is 11.3. The predicted molar refractivity (Wildman–Crippen MR) is 120 cm³/mol. The van der Waals surface area contributed by atoms with E-state index in [1.807, 2.05) is 61.5 Å². The van der Waals surface area contributed by atoms with E-state index in [1.165, 1.54) is 16.4 Å². The highest BCUT2D eigenvalue weighted by Gasteiger charge is 2.21. The summed E-state index contributed by atoms with van der Waals surface area (Å²) < 4.78 is 27.0. The number of sulfonamides is 1. The van der Waals surface area contributed by atoms with E-state index in [1.54, 1.807) is 31.3 Å². The summed E-state index contributed by atoms with van der Waals surface area (Å²) in [5.74, 6) is -0.254. The van der Waals surface area contributed by atoms with Crippen molar-refractivity contribution in [3.63, 3.8) is 0 Å². The van der Waals surface area contributed by atoms with Gasteiger partial charge in [-0.05, 0) is 48.0 Å². The Labute approximate surface area is 177 Å². The molecule has 3 aromatic rings. The van der Waals surface area contributed by atoms with Crippen LogP contribution < -0.4 is 10.2 Å². The van der Waals surface area contributed by atoms with Gasteiger partial charge in [0.1, 0.15) is 0 Å². The van der Waals surface area contributed by atoms with Crippen LogP contribution in [0.1, 0.15) is 15.9 Å². The number of nitrogens with zero attached hydrogens (tertiary/aromatic N) is 2. The molecule has 0 saturated carbocycles. The lowest BCUT2D eigenvalue weighted by molar-refractivity contribution is 0.102. The van der Waals surface area contributed by atoms with Gasteiger partial charge in [-0.25, -0.2) is 8.42 Å². The third-order valence-electron chi connectivity index (χ3n) is 4.69. The maximum absolute atomic E-state index is 12.8. The lowest BCUT2D eigenvalue weighted by Crippen LogP contribution is -2.26. The van der Waals surface area contributed by atoms with E-state index >= 15 is 0 Å². The van der Waals surface area contributed by atoms with E-state index in [0.717, 1.165) is 11.3 Å². The van der Waals surface area contributed by atoms with Crippen LogP contribution >= 0.6 is 0 Å². The van der Waals surface area contributed by atoms with Crippen molar-refractivity contribution in [2.75, 3.05) is 31.4 Å². The lowest BCUT2D eigenvalue weighted by Gasteiger charge is -2.17. The van der Waals surface area contributed by atoms with Crippen molar-refractivity contribution in [1.82, 2.24) is 4.31 Å². The Bertz CT molecular complexity index is 1110. The molecule has 0 fully saturated rings. The minimum Gasteiger partial charge on any atom is -0.378 e. The maximum atomic E-state index is 12.8. The highest BCUT2D eigenvalue weighted by atomic mass is 32.2. The maximum Gasteiger partial charge on any atom is 0.255 e. The van der Waals surface area contributed by atoms with Gasteiger partial charge in [-0.2, -0.15) is 4.31 Å². The molecule has 0 aliphatic heterocycles. The van der Waals surface area contributed by atoms with Gasteiger partial charge in [0.2, 0.25) is 10.0 Å². The van der Waals surface area contributed by atoms with Crippen molar-refractivity contribution in [3.05, 3.63) is 90.0 Å². The van der Waals surface area contributed by atoms with Gasteiger partial charge in [-0.3, -0.25) is 4.79 Å². The summed E-state index contributed by atoms with van der Waals surface area (Å²) in [6.07, 6.45) is 0. The van der Waals surface area contributed by atoms with Gasteiger partial charge in [0.05, 0.1) is 4.90 Å². The Balaban J connectivity index is 1.71. The van der Waals surface area contributed by atoms with Crippen LogP contribution in [0.25, 0.3) is 0 Å². The van der Waals surface area contributed by atoms with Crippen LogP contribution in [0.5, 0.6) is 0 Å². The summed E-state index contributed by atoms with van der Waals surface area (Å²) in [5.41, 5.74) is 2.89. The molecule has 0 radical (unpaired) electrons. The molecule has 0 aliphatic carbocycles. The zero-order valence-corrected chi connectivity index (χ0v) is 18.1. The fourth-order valence-electron chi connectivity index (χ4n) is 2.94. The number of nitrogens with one attached hydrogen (secondary N) is 1. The fourth-order valence-corrected chi connectivity index (χ4v) is 4.10. The standard InChI is InChI=1S/C23H25N3O3S/c1-25(2)21-11-7-10-19(16-21)23(27)24-20-12-14-22(15-13-20)30(28,29)26(3)17-18-8-5-4-6-9-18/h4-16H,17H2,1-3H3,(H,24,27). The van der Waals surface area contributed by atoms with Crippen molar-refractivity contribution in [3.8, 4) is 0 Å². The van der Waals surface area contributed by atoms with Gasteiger partial charge in [0, 0.05) is 44.6 Å². The van der Waals surface area contributed by atoms with Crippen molar-refractivity contribution in [2.24, 2.45) is 0 Å². The minimum atomic E-state index is -3.63. The first-order valence-electron chi connectivity index (χ1n) is 9.46. The van der Waals surface area contributed by atoms with E-state index in [0.29, 0.717) is 11.3 Å². The van der Waals surface area contributed by atoms with Gasteiger partial charge in [-0.1, -0.05) is 36.4 Å². The first kappa shape index (κ1) is 21.5. The third-order valence-corrected chi connectivity index (χ3v) is 6.51. The summed E-state index contributed by atoms with van der Waals surface area (Å²) in [7, 11) is 1.73. The molecule has 6 nitrogen and oxygen atoms in total. The summed E-state index contributed by atoms with van der Waals surface area (Å²) in [5, 5.41) is 2.81. The fraction of sp³-hybridized carbons (Fsp3) is 0.174. The van der Waals surface area contributed by atoms with Gasteiger partial charge >= 0.3 is 0 Å². The third kappa shape index (κ3) is 5.06. The van der Waals surface area contributed by atoms with Crippen LogP contribution in [-0.4, -0.2) is 39.8 Å². The SMILES string of the molecule is CN(C)c1cccc(C(=O)Nc2ccc(S(=O)(=O)N(C)Cc3ccccc3)cc2)c1. The number of anilines is 2. The second kappa shape index (κ2) is 9.11. The van der Waals surface area contributed by atoms with E-state index in [2.05, 4.69) is 5.32 Å². The number of hydrogen-bond acceptors (Lipinski definition) is 4. The number of benzene rings is 3. The quantitative estimate of drug-likeness (QED) is 0.627. The molecule has 0 bridgehead atoms. The van der Waals surface area contributed by atoms with Crippen LogP contribution in [0.4, 0.5) is 11.4 Å². The molecular formula is C23H25N3O3S. The highest BCUT2D eigenvalue weighted by molar-refractivity contribution is 7.89. The van der Waals surface area contributed by atoms with E-state index in [4.69, 9.17) is 0 Å². The largest absolute Gasteiger partial charge is 0.378 e. The Morgan fingerprint density at radius 2 is 1.53 bits per heavy atom. The molecular weight excluding hydrogens is 398 g/mol. The number of rotatable bonds is 7. The summed E-state index contributed by atoms with van der Waals surface area (Å²) >= 11 is 0. The van der Waals surface area contributed by atoms with Gasteiger partial charge in [-0.15, -0.1) is 0 Å². The molecule has 0 saturated heterocycles. The molecule has 1 N–H and O–H groups in total. The smallest absolute Gasteiger partial charge is 0.255 e.